The molecular weight excluding hydrogens is 329 g/mol. The predicted octanol–water partition coefficient (Wildman–Crippen LogP) is 3.60. The lowest BCUT2D eigenvalue weighted by Crippen LogP contribution is -1.91. The highest BCUT2D eigenvalue weighted by Gasteiger charge is 2.08. The highest BCUT2D eigenvalue weighted by atomic mass is 35.5. The van der Waals surface area contributed by atoms with E-state index in [1.165, 1.54) is 22.5 Å². The van der Waals surface area contributed by atoms with E-state index in [1.807, 2.05) is 12.1 Å². The van der Waals surface area contributed by atoms with E-state index in [2.05, 4.69) is 15.1 Å². The number of hydrogen-bond acceptors (Lipinski definition) is 5. The first kappa shape index (κ1) is 14.1. The molecule has 2 aromatic heterocycles. The molecule has 3 rings (SSSR count). The molecule has 0 amide bonds. The molecule has 5 nitrogen and oxygen atoms in total. The Hall–Kier alpha value is -1.81. The summed E-state index contributed by atoms with van der Waals surface area (Å²) in [5.41, 5.74) is 1.39. The molecule has 0 atom stereocenters. The molecule has 0 unspecified atom stereocenters. The number of nitrogens with zero attached hydrogens (tertiary/aromatic N) is 5. The number of thioether (sulfide) groups is 1. The van der Waals surface area contributed by atoms with Crippen LogP contribution in [-0.2, 0) is 5.75 Å². The van der Waals surface area contributed by atoms with Crippen LogP contribution in [0.4, 0.5) is 0 Å². The second kappa shape index (κ2) is 5.90. The van der Waals surface area contributed by atoms with E-state index >= 15 is 0 Å². The van der Waals surface area contributed by atoms with E-state index in [1.54, 1.807) is 18.3 Å². The van der Waals surface area contributed by atoms with Crippen LogP contribution in [0.1, 0.15) is 11.1 Å². The molecule has 0 fully saturated rings. The van der Waals surface area contributed by atoms with Gasteiger partial charge in [0.15, 0.2) is 0 Å². The quantitative estimate of drug-likeness (QED) is 0.684. The summed E-state index contributed by atoms with van der Waals surface area (Å²) in [6.07, 6.45) is 3.06. The number of fused-ring (bicyclic) bond motifs is 1. The van der Waals surface area contributed by atoms with Crippen LogP contribution >= 0.6 is 35.0 Å². The van der Waals surface area contributed by atoms with Crippen molar-refractivity contribution in [2.24, 2.45) is 0 Å². The lowest BCUT2D eigenvalue weighted by molar-refractivity contribution is 0.876. The standard InChI is InChI=1S/C13H7Cl2N5S/c14-10-2-1-9(11(15)3-10)7-21-13-18-12-17-5-8(4-16)6-20(12)19-13/h1-3,5-6H,7H2. The van der Waals surface area contributed by atoms with Gasteiger partial charge in [0.2, 0.25) is 5.16 Å². The zero-order valence-electron chi connectivity index (χ0n) is 10.5. The fraction of sp³-hybridized carbons (Fsp3) is 0.0769. The van der Waals surface area contributed by atoms with Crippen molar-refractivity contribution < 1.29 is 0 Å². The van der Waals surface area contributed by atoms with Gasteiger partial charge in [-0.2, -0.15) is 10.2 Å². The van der Waals surface area contributed by atoms with Crippen LogP contribution in [0.15, 0.2) is 35.7 Å². The van der Waals surface area contributed by atoms with Gasteiger partial charge in [-0.15, -0.1) is 5.10 Å². The van der Waals surface area contributed by atoms with E-state index < -0.39 is 0 Å². The van der Waals surface area contributed by atoms with Crippen molar-refractivity contribution in [3.05, 3.63) is 51.8 Å². The Morgan fingerprint density at radius 1 is 1.33 bits per heavy atom. The maximum absolute atomic E-state index is 8.83. The first-order valence-corrected chi connectivity index (χ1v) is 7.59. The molecule has 0 aliphatic rings. The topological polar surface area (TPSA) is 66.9 Å². The molecule has 8 heteroatoms. The predicted molar refractivity (Wildman–Crippen MR) is 81.5 cm³/mol. The molecule has 0 radical (unpaired) electrons. The summed E-state index contributed by atoms with van der Waals surface area (Å²) in [5, 5.41) is 14.9. The Labute approximate surface area is 134 Å². The second-order valence-corrected chi connectivity index (χ2v) is 5.90. The number of hydrogen-bond donors (Lipinski definition) is 0. The first-order valence-electron chi connectivity index (χ1n) is 5.85. The lowest BCUT2D eigenvalue weighted by atomic mass is 10.2. The van der Waals surface area contributed by atoms with E-state index in [0.717, 1.165) is 5.56 Å². The van der Waals surface area contributed by atoms with Gasteiger partial charge in [0.25, 0.3) is 5.78 Å². The van der Waals surface area contributed by atoms with E-state index in [-0.39, 0.29) is 0 Å². The van der Waals surface area contributed by atoms with Crippen molar-refractivity contribution in [2.75, 3.05) is 0 Å². The third-order valence-electron chi connectivity index (χ3n) is 2.68. The number of benzene rings is 1. The third-order valence-corrected chi connectivity index (χ3v) is 4.15. The zero-order valence-corrected chi connectivity index (χ0v) is 12.8. The van der Waals surface area contributed by atoms with Crippen molar-refractivity contribution in [1.82, 2.24) is 19.6 Å². The van der Waals surface area contributed by atoms with Crippen LogP contribution in [0, 0.1) is 11.3 Å². The molecule has 0 spiro atoms. The van der Waals surface area contributed by atoms with Gasteiger partial charge in [-0.1, -0.05) is 41.0 Å². The van der Waals surface area contributed by atoms with Crippen LogP contribution in [0.3, 0.4) is 0 Å². The minimum Gasteiger partial charge on any atom is -0.218 e. The number of aromatic nitrogens is 4. The molecule has 0 bridgehead atoms. The van der Waals surface area contributed by atoms with E-state index in [4.69, 9.17) is 28.5 Å². The third kappa shape index (κ3) is 3.10. The smallest absolute Gasteiger partial charge is 0.218 e. The maximum atomic E-state index is 8.83. The SMILES string of the molecule is N#Cc1cnc2nc(SCc3ccc(Cl)cc3Cl)nn2c1. The second-order valence-electron chi connectivity index (χ2n) is 4.12. The molecule has 104 valence electrons. The molecule has 21 heavy (non-hydrogen) atoms. The molecule has 0 saturated carbocycles. The van der Waals surface area contributed by atoms with Crippen molar-refractivity contribution >= 4 is 40.7 Å². The molecule has 1 aromatic carbocycles. The molecule has 0 saturated heterocycles. The minimum atomic E-state index is 0.435. The van der Waals surface area contributed by atoms with Gasteiger partial charge in [0.1, 0.15) is 6.07 Å². The van der Waals surface area contributed by atoms with Gasteiger partial charge in [-0.3, -0.25) is 0 Å². The summed E-state index contributed by atoms with van der Waals surface area (Å²) in [7, 11) is 0. The average molecular weight is 336 g/mol. The molecular formula is C13H7Cl2N5S. The normalized spacial score (nSPS) is 10.7. The van der Waals surface area contributed by atoms with Crippen LogP contribution in [0.5, 0.6) is 0 Å². The summed E-state index contributed by atoms with van der Waals surface area (Å²) in [4.78, 5) is 8.34. The fourth-order valence-corrected chi connectivity index (χ4v) is 3.05. The summed E-state index contributed by atoms with van der Waals surface area (Å²) >= 11 is 13.4. The maximum Gasteiger partial charge on any atom is 0.253 e. The van der Waals surface area contributed by atoms with E-state index in [9.17, 15) is 0 Å². The summed E-state index contributed by atoms with van der Waals surface area (Å²) in [5.74, 6) is 1.08. The van der Waals surface area contributed by atoms with Gasteiger partial charge < -0.3 is 0 Å². The van der Waals surface area contributed by atoms with Crippen LogP contribution in [0.25, 0.3) is 5.78 Å². The summed E-state index contributed by atoms with van der Waals surface area (Å²) < 4.78 is 1.49. The Bertz CT molecular complexity index is 855. The van der Waals surface area contributed by atoms with Crippen molar-refractivity contribution in [3.8, 4) is 6.07 Å². The van der Waals surface area contributed by atoms with Gasteiger partial charge >= 0.3 is 0 Å². The van der Waals surface area contributed by atoms with Gasteiger partial charge in [-0.25, -0.2) is 9.50 Å². The van der Waals surface area contributed by atoms with Crippen molar-refractivity contribution in [2.45, 2.75) is 10.9 Å². The van der Waals surface area contributed by atoms with Crippen LogP contribution in [-0.4, -0.2) is 19.6 Å². The Balaban J connectivity index is 1.80. The van der Waals surface area contributed by atoms with E-state index in [0.29, 0.717) is 32.3 Å². The largest absolute Gasteiger partial charge is 0.253 e. The van der Waals surface area contributed by atoms with Crippen molar-refractivity contribution in [3.63, 3.8) is 0 Å². The van der Waals surface area contributed by atoms with Crippen LogP contribution in [0.2, 0.25) is 10.0 Å². The van der Waals surface area contributed by atoms with Gasteiger partial charge in [-0.05, 0) is 17.7 Å². The minimum absolute atomic E-state index is 0.435. The fourth-order valence-electron chi connectivity index (χ4n) is 1.66. The molecule has 3 aromatic rings. The van der Waals surface area contributed by atoms with Crippen LogP contribution < -0.4 is 0 Å². The zero-order chi connectivity index (χ0) is 14.8. The molecule has 2 heterocycles. The number of halogens is 2. The average Bonchev–Trinajstić information content (AvgIpc) is 2.88. The Kier molecular flexibility index (Phi) is 3.97. The van der Waals surface area contributed by atoms with Gasteiger partial charge in [0, 0.05) is 15.8 Å². The summed E-state index contributed by atoms with van der Waals surface area (Å²) in [6.45, 7) is 0. The first-order chi connectivity index (χ1) is 10.2. The van der Waals surface area contributed by atoms with Crippen molar-refractivity contribution in [1.29, 1.82) is 5.26 Å². The lowest BCUT2D eigenvalue weighted by Gasteiger charge is -2.02. The number of rotatable bonds is 3. The summed E-state index contributed by atoms with van der Waals surface area (Å²) in [6, 6.07) is 7.38. The molecule has 0 aliphatic carbocycles. The number of nitriles is 1. The highest BCUT2D eigenvalue weighted by molar-refractivity contribution is 7.98. The molecule has 0 N–H and O–H groups in total. The van der Waals surface area contributed by atoms with Gasteiger partial charge in [0.05, 0.1) is 18.0 Å². The Morgan fingerprint density at radius 3 is 2.95 bits per heavy atom. The molecule has 0 aliphatic heterocycles. The Morgan fingerprint density at radius 2 is 2.19 bits per heavy atom. The highest BCUT2D eigenvalue weighted by Crippen LogP contribution is 2.27. The monoisotopic (exact) mass is 335 g/mol.